The van der Waals surface area contributed by atoms with Gasteiger partial charge in [-0.2, -0.15) is 0 Å². The molecule has 122 valence electrons. The van der Waals surface area contributed by atoms with Crippen LogP contribution in [0.3, 0.4) is 0 Å². The zero-order valence-electron chi connectivity index (χ0n) is 12.3. The Bertz CT molecular complexity index is 647. The summed E-state index contributed by atoms with van der Waals surface area (Å²) < 4.78 is 0. The van der Waals surface area contributed by atoms with Crippen molar-refractivity contribution in [1.82, 2.24) is 10.2 Å². The number of benzene rings is 2. The third kappa shape index (κ3) is 3.63. The average molecular weight is 390 g/mol. The average Bonchev–Trinajstić information content (AvgIpc) is 2.56. The molecule has 2 aromatic rings. The molecule has 0 bridgehead atoms. The molecule has 0 spiro atoms. The minimum absolute atomic E-state index is 0.0745. The smallest absolute Gasteiger partial charge is 0.0643 e. The van der Waals surface area contributed by atoms with Crippen molar-refractivity contribution < 1.29 is 0 Å². The van der Waals surface area contributed by atoms with Crippen LogP contribution in [0.25, 0.3) is 0 Å². The van der Waals surface area contributed by atoms with E-state index < -0.39 is 0 Å². The number of halogens is 4. The van der Waals surface area contributed by atoms with Gasteiger partial charge in [0.05, 0.1) is 26.1 Å². The first-order valence-corrected chi connectivity index (χ1v) is 8.93. The maximum atomic E-state index is 6.50. The van der Waals surface area contributed by atoms with Crippen LogP contribution in [-0.2, 0) is 0 Å². The Morgan fingerprint density at radius 2 is 1.26 bits per heavy atom. The van der Waals surface area contributed by atoms with Gasteiger partial charge in [0.15, 0.2) is 0 Å². The molecular weight excluding hydrogens is 374 g/mol. The molecule has 2 nitrogen and oxygen atoms in total. The van der Waals surface area contributed by atoms with Gasteiger partial charge in [0.25, 0.3) is 0 Å². The van der Waals surface area contributed by atoms with Crippen molar-refractivity contribution >= 4 is 46.4 Å². The van der Waals surface area contributed by atoms with Gasteiger partial charge in [-0.25, -0.2) is 0 Å². The summed E-state index contributed by atoms with van der Waals surface area (Å²) in [7, 11) is 0. The molecule has 0 saturated carbocycles. The highest BCUT2D eigenvalue weighted by Crippen LogP contribution is 2.41. The van der Waals surface area contributed by atoms with E-state index in [0.717, 1.165) is 37.3 Å². The Morgan fingerprint density at radius 1 is 0.783 bits per heavy atom. The third-order valence-electron chi connectivity index (χ3n) is 4.07. The van der Waals surface area contributed by atoms with E-state index in [1.54, 1.807) is 12.1 Å². The van der Waals surface area contributed by atoms with Crippen molar-refractivity contribution in [2.24, 2.45) is 0 Å². The predicted octanol–water partition coefficient (Wildman–Crippen LogP) is 5.29. The lowest BCUT2D eigenvalue weighted by atomic mass is 9.96. The molecule has 1 fully saturated rings. The first-order chi connectivity index (χ1) is 11.1. The molecule has 0 radical (unpaired) electrons. The lowest BCUT2D eigenvalue weighted by molar-refractivity contribution is 0.198. The molecule has 1 aliphatic rings. The third-order valence-corrected chi connectivity index (χ3v) is 5.74. The summed E-state index contributed by atoms with van der Waals surface area (Å²) >= 11 is 25.5. The lowest BCUT2D eigenvalue weighted by Gasteiger charge is -2.36. The first kappa shape index (κ1) is 17.3. The second-order valence-corrected chi connectivity index (χ2v) is 7.04. The molecule has 0 aromatic heterocycles. The number of hydrogen-bond acceptors (Lipinski definition) is 2. The molecule has 1 saturated heterocycles. The molecule has 1 heterocycles. The Kier molecular flexibility index (Phi) is 5.74. The van der Waals surface area contributed by atoms with Crippen LogP contribution in [0.5, 0.6) is 0 Å². The Hall–Kier alpha value is -0.480. The number of rotatable bonds is 3. The fourth-order valence-corrected chi connectivity index (χ4v) is 3.79. The highest BCUT2D eigenvalue weighted by atomic mass is 35.5. The fraction of sp³-hybridized carbons (Fsp3) is 0.294. The van der Waals surface area contributed by atoms with Gasteiger partial charge in [-0.05, 0) is 23.3 Å². The van der Waals surface area contributed by atoms with Gasteiger partial charge in [-0.3, -0.25) is 4.90 Å². The quantitative estimate of drug-likeness (QED) is 0.766. The van der Waals surface area contributed by atoms with E-state index in [9.17, 15) is 0 Å². The molecule has 2 aromatic carbocycles. The van der Waals surface area contributed by atoms with E-state index in [1.165, 1.54) is 0 Å². The molecular formula is C17H16Cl4N2. The highest BCUT2D eigenvalue weighted by Gasteiger charge is 2.28. The van der Waals surface area contributed by atoms with Crippen LogP contribution in [0.15, 0.2) is 36.4 Å². The van der Waals surface area contributed by atoms with Gasteiger partial charge in [0, 0.05) is 26.2 Å². The zero-order valence-corrected chi connectivity index (χ0v) is 15.4. The van der Waals surface area contributed by atoms with Crippen LogP contribution < -0.4 is 5.32 Å². The van der Waals surface area contributed by atoms with Crippen LogP contribution in [-0.4, -0.2) is 31.1 Å². The van der Waals surface area contributed by atoms with Crippen molar-refractivity contribution in [3.63, 3.8) is 0 Å². The van der Waals surface area contributed by atoms with E-state index in [4.69, 9.17) is 46.4 Å². The Morgan fingerprint density at radius 3 is 1.74 bits per heavy atom. The summed E-state index contributed by atoms with van der Waals surface area (Å²) in [4.78, 5) is 2.35. The van der Waals surface area contributed by atoms with Crippen LogP contribution in [0.1, 0.15) is 17.2 Å². The standard InChI is InChI=1S/C17H16Cl4N2/c18-13-5-1-3-11(15(13)20)17(23-9-7-22-8-10-23)12-4-2-6-14(19)16(12)21/h1-6,17,22H,7-10H2. The molecule has 23 heavy (non-hydrogen) atoms. The number of hydrogen-bond donors (Lipinski definition) is 1. The minimum atomic E-state index is -0.0745. The number of piperazine rings is 1. The normalized spacial score (nSPS) is 16.0. The fourth-order valence-electron chi connectivity index (χ4n) is 2.96. The molecule has 3 rings (SSSR count). The monoisotopic (exact) mass is 388 g/mol. The number of nitrogens with zero attached hydrogens (tertiary/aromatic N) is 1. The summed E-state index contributed by atoms with van der Waals surface area (Å²) in [5, 5.41) is 5.58. The molecule has 0 aliphatic carbocycles. The summed E-state index contributed by atoms with van der Waals surface area (Å²) in [5.74, 6) is 0. The van der Waals surface area contributed by atoms with Gasteiger partial charge in [-0.1, -0.05) is 70.7 Å². The summed E-state index contributed by atoms with van der Waals surface area (Å²) in [5.41, 5.74) is 1.90. The van der Waals surface area contributed by atoms with E-state index in [-0.39, 0.29) is 6.04 Å². The van der Waals surface area contributed by atoms with Gasteiger partial charge in [-0.15, -0.1) is 0 Å². The van der Waals surface area contributed by atoms with E-state index in [0.29, 0.717) is 20.1 Å². The molecule has 1 N–H and O–H groups in total. The molecule has 6 heteroatoms. The topological polar surface area (TPSA) is 15.3 Å². The van der Waals surface area contributed by atoms with Crippen molar-refractivity contribution in [1.29, 1.82) is 0 Å². The first-order valence-electron chi connectivity index (χ1n) is 7.42. The lowest BCUT2D eigenvalue weighted by Crippen LogP contribution is -2.45. The maximum Gasteiger partial charge on any atom is 0.0643 e. The molecule has 0 atom stereocenters. The Labute approximate surface area is 156 Å². The maximum absolute atomic E-state index is 6.50. The summed E-state index contributed by atoms with van der Waals surface area (Å²) in [6.45, 7) is 3.65. The highest BCUT2D eigenvalue weighted by molar-refractivity contribution is 6.43. The van der Waals surface area contributed by atoms with Crippen LogP contribution >= 0.6 is 46.4 Å². The van der Waals surface area contributed by atoms with Crippen LogP contribution in [0.4, 0.5) is 0 Å². The van der Waals surface area contributed by atoms with Crippen molar-refractivity contribution in [3.05, 3.63) is 67.6 Å². The molecule has 0 unspecified atom stereocenters. The predicted molar refractivity (Wildman–Crippen MR) is 99.2 cm³/mol. The second-order valence-electron chi connectivity index (χ2n) is 5.47. The summed E-state index contributed by atoms with van der Waals surface area (Å²) in [6.07, 6.45) is 0. The number of nitrogens with one attached hydrogen (secondary N) is 1. The van der Waals surface area contributed by atoms with Gasteiger partial charge in [0.1, 0.15) is 0 Å². The SMILES string of the molecule is Clc1cccc(C(c2cccc(Cl)c2Cl)N2CCNCC2)c1Cl. The van der Waals surface area contributed by atoms with Gasteiger partial charge >= 0.3 is 0 Å². The summed E-state index contributed by atoms with van der Waals surface area (Å²) in [6, 6.07) is 11.3. The minimum Gasteiger partial charge on any atom is -0.314 e. The van der Waals surface area contributed by atoms with Gasteiger partial charge in [0.2, 0.25) is 0 Å². The van der Waals surface area contributed by atoms with Crippen LogP contribution in [0.2, 0.25) is 20.1 Å². The van der Waals surface area contributed by atoms with Crippen molar-refractivity contribution in [3.8, 4) is 0 Å². The van der Waals surface area contributed by atoms with E-state index in [1.807, 2.05) is 24.3 Å². The van der Waals surface area contributed by atoms with Gasteiger partial charge < -0.3 is 5.32 Å². The molecule has 1 aliphatic heterocycles. The molecule has 0 amide bonds. The van der Waals surface area contributed by atoms with E-state index >= 15 is 0 Å². The van der Waals surface area contributed by atoms with Crippen LogP contribution in [0, 0.1) is 0 Å². The zero-order chi connectivity index (χ0) is 16.4. The van der Waals surface area contributed by atoms with Crippen molar-refractivity contribution in [2.75, 3.05) is 26.2 Å². The Balaban J connectivity index is 2.13. The van der Waals surface area contributed by atoms with E-state index in [2.05, 4.69) is 10.2 Å². The second kappa shape index (κ2) is 7.60. The van der Waals surface area contributed by atoms with Crippen molar-refractivity contribution in [2.45, 2.75) is 6.04 Å². The largest absolute Gasteiger partial charge is 0.314 e.